The molecule has 2 unspecified atom stereocenters. The summed E-state index contributed by atoms with van der Waals surface area (Å²) in [6, 6.07) is 0. The Kier molecular flexibility index (Phi) is 37.0. The molecule has 0 fully saturated rings. The number of likely N-dealkylation sites (N-methyl/N-ethyl adjacent to an activating group) is 1. The average Bonchev–Trinajstić information content (AvgIpc) is 3.13. The van der Waals surface area contributed by atoms with Gasteiger partial charge in [0.2, 0.25) is 0 Å². The van der Waals surface area contributed by atoms with Crippen LogP contribution in [0.15, 0.2) is 24.3 Å². The number of nitrogens with zero attached hydrogens (tertiary/aromatic N) is 1. The van der Waals surface area contributed by atoms with E-state index in [0.29, 0.717) is 17.4 Å². The summed E-state index contributed by atoms with van der Waals surface area (Å²) in [4.78, 5) is 37.5. The van der Waals surface area contributed by atoms with Crippen LogP contribution in [0.3, 0.4) is 0 Å². The standard InChI is InChI=1S/C45H86NO8P/c1-6-8-10-12-14-16-18-20-22-24-26-28-30-32-34-36-38-45(48)54-43(42-53-55(49,50)52-40-39-46(3,4)5)41-51-44(47)37-35-33-31-29-27-25-23-21-19-17-15-13-11-9-7-2/h16,18,22,24,43H,6-15,17,19-21,23,25-42H2,1-5H3/b18-16-,24-22-. The van der Waals surface area contributed by atoms with E-state index in [0.717, 1.165) is 57.8 Å². The predicted octanol–water partition coefficient (Wildman–Crippen LogP) is 12.1. The fourth-order valence-corrected chi connectivity index (χ4v) is 6.88. The molecule has 0 rings (SSSR count). The minimum absolute atomic E-state index is 0.0319. The molecule has 0 aromatic heterocycles. The van der Waals surface area contributed by atoms with Gasteiger partial charge >= 0.3 is 11.9 Å². The fraction of sp³-hybridized carbons (Fsp3) is 0.867. The Morgan fingerprint density at radius 2 is 0.982 bits per heavy atom. The summed E-state index contributed by atoms with van der Waals surface area (Å²) < 4.78 is 33.9. The molecular formula is C45H86NO8P. The maximum Gasteiger partial charge on any atom is 0.306 e. The normalized spacial score (nSPS) is 13.8. The third-order valence-corrected chi connectivity index (χ3v) is 10.7. The van der Waals surface area contributed by atoms with Crippen molar-refractivity contribution in [1.82, 2.24) is 0 Å². The van der Waals surface area contributed by atoms with Crippen LogP contribution in [0.5, 0.6) is 0 Å². The van der Waals surface area contributed by atoms with E-state index in [9.17, 15) is 19.0 Å². The molecule has 2 atom stereocenters. The number of quaternary nitrogens is 1. The first-order valence-corrected chi connectivity index (χ1v) is 24.0. The van der Waals surface area contributed by atoms with Gasteiger partial charge in [-0.2, -0.15) is 0 Å². The van der Waals surface area contributed by atoms with Gasteiger partial charge in [0.05, 0.1) is 27.7 Å². The van der Waals surface area contributed by atoms with Crippen LogP contribution in [0.25, 0.3) is 0 Å². The zero-order valence-corrected chi connectivity index (χ0v) is 37.3. The number of carbonyl (C=O) groups is 2. The summed E-state index contributed by atoms with van der Waals surface area (Å²) in [6.07, 6.45) is 40.5. The van der Waals surface area contributed by atoms with Crippen LogP contribution < -0.4 is 4.89 Å². The lowest BCUT2D eigenvalue weighted by Gasteiger charge is -2.28. The van der Waals surface area contributed by atoms with Gasteiger partial charge in [0.15, 0.2) is 6.10 Å². The molecule has 55 heavy (non-hydrogen) atoms. The number of unbranched alkanes of at least 4 members (excludes halogenated alkanes) is 23. The van der Waals surface area contributed by atoms with Crippen molar-refractivity contribution in [2.24, 2.45) is 0 Å². The zero-order valence-electron chi connectivity index (χ0n) is 36.4. The molecule has 0 aromatic carbocycles. The van der Waals surface area contributed by atoms with Gasteiger partial charge in [0.25, 0.3) is 7.82 Å². The SMILES string of the molecule is CCCCCC/C=C\C/C=C\CCCCCCCC(=O)OC(COC(=O)CCCCCCCCCCCCCCCCC)COP(=O)([O-])OCC[N+](C)(C)C. The van der Waals surface area contributed by atoms with Crippen molar-refractivity contribution < 1.29 is 42.1 Å². The number of carbonyl (C=O) groups excluding carboxylic acids is 2. The van der Waals surface area contributed by atoms with E-state index < -0.39 is 26.5 Å². The highest BCUT2D eigenvalue weighted by molar-refractivity contribution is 7.45. The third kappa shape index (κ3) is 41.9. The molecule has 0 saturated carbocycles. The number of phosphoric ester groups is 1. The van der Waals surface area contributed by atoms with Crippen molar-refractivity contribution in [3.05, 3.63) is 24.3 Å². The highest BCUT2D eigenvalue weighted by atomic mass is 31.2. The Morgan fingerprint density at radius 3 is 1.45 bits per heavy atom. The summed E-state index contributed by atoms with van der Waals surface area (Å²) in [7, 11) is 1.16. The Balaban J connectivity index is 4.36. The van der Waals surface area contributed by atoms with E-state index >= 15 is 0 Å². The van der Waals surface area contributed by atoms with Crippen LogP contribution in [-0.2, 0) is 32.7 Å². The zero-order chi connectivity index (χ0) is 40.7. The highest BCUT2D eigenvalue weighted by Crippen LogP contribution is 2.38. The van der Waals surface area contributed by atoms with Crippen LogP contribution in [0, 0.1) is 0 Å². The third-order valence-electron chi connectivity index (χ3n) is 9.72. The van der Waals surface area contributed by atoms with Gasteiger partial charge in [-0.15, -0.1) is 0 Å². The van der Waals surface area contributed by atoms with Gasteiger partial charge in [-0.25, -0.2) is 0 Å². The molecule has 0 amide bonds. The Labute approximate surface area is 339 Å². The van der Waals surface area contributed by atoms with Gasteiger partial charge in [0, 0.05) is 12.8 Å². The minimum atomic E-state index is -4.62. The minimum Gasteiger partial charge on any atom is -0.756 e. The predicted molar refractivity (Wildman–Crippen MR) is 227 cm³/mol. The van der Waals surface area contributed by atoms with Crippen molar-refractivity contribution in [2.45, 2.75) is 206 Å². The van der Waals surface area contributed by atoms with E-state index in [1.165, 1.54) is 109 Å². The van der Waals surface area contributed by atoms with E-state index in [2.05, 4.69) is 38.2 Å². The van der Waals surface area contributed by atoms with Crippen molar-refractivity contribution in [3.8, 4) is 0 Å². The van der Waals surface area contributed by atoms with E-state index in [4.69, 9.17) is 18.5 Å². The van der Waals surface area contributed by atoms with E-state index in [1.54, 1.807) is 0 Å². The molecule has 0 aliphatic carbocycles. The van der Waals surface area contributed by atoms with Gasteiger partial charge < -0.3 is 27.9 Å². The summed E-state index contributed by atoms with van der Waals surface area (Å²) in [6.45, 7) is 4.21. The lowest BCUT2D eigenvalue weighted by molar-refractivity contribution is -0.870. The number of hydrogen-bond acceptors (Lipinski definition) is 8. The van der Waals surface area contributed by atoms with Gasteiger partial charge in [-0.1, -0.05) is 167 Å². The Bertz CT molecular complexity index is 996. The summed E-state index contributed by atoms with van der Waals surface area (Å²) in [5.74, 6) is -0.843. The maximum atomic E-state index is 12.7. The molecular weight excluding hydrogens is 713 g/mol. The van der Waals surface area contributed by atoms with Gasteiger partial charge in [-0.05, 0) is 44.9 Å². The van der Waals surface area contributed by atoms with Crippen LogP contribution in [0.1, 0.15) is 200 Å². The van der Waals surface area contributed by atoms with Crippen LogP contribution in [-0.4, -0.2) is 70.0 Å². The largest absolute Gasteiger partial charge is 0.756 e. The fourth-order valence-electron chi connectivity index (χ4n) is 6.16. The second-order valence-electron chi connectivity index (χ2n) is 16.4. The second kappa shape index (κ2) is 38.0. The molecule has 0 N–H and O–H groups in total. The Hall–Kier alpha value is -1.51. The lowest BCUT2D eigenvalue weighted by atomic mass is 10.0. The van der Waals surface area contributed by atoms with Crippen LogP contribution >= 0.6 is 7.82 Å². The highest BCUT2D eigenvalue weighted by Gasteiger charge is 2.21. The molecule has 0 radical (unpaired) electrons. The van der Waals surface area contributed by atoms with E-state index in [1.807, 2.05) is 21.1 Å². The molecule has 9 nitrogen and oxygen atoms in total. The van der Waals surface area contributed by atoms with E-state index in [-0.39, 0.29) is 32.0 Å². The van der Waals surface area contributed by atoms with Crippen molar-refractivity contribution in [1.29, 1.82) is 0 Å². The average molecular weight is 800 g/mol. The molecule has 0 heterocycles. The first kappa shape index (κ1) is 53.5. The number of hydrogen-bond donors (Lipinski definition) is 0. The maximum absolute atomic E-state index is 12.7. The topological polar surface area (TPSA) is 111 Å². The van der Waals surface area contributed by atoms with Gasteiger partial charge in [-0.3, -0.25) is 14.2 Å². The first-order chi connectivity index (χ1) is 26.5. The number of phosphoric acid groups is 1. The van der Waals surface area contributed by atoms with Crippen LogP contribution in [0.2, 0.25) is 0 Å². The summed E-state index contributed by atoms with van der Waals surface area (Å²) in [5, 5.41) is 0. The van der Waals surface area contributed by atoms with Gasteiger partial charge in [0.1, 0.15) is 19.8 Å². The van der Waals surface area contributed by atoms with Crippen molar-refractivity contribution >= 4 is 19.8 Å². The summed E-state index contributed by atoms with van der Waals surface area (Å²) >= 11 is 0. The second-order valence-corrected chi connectivity index (χ2v) is 17.8. The quantitative estimate of drug-likeness (QED) is 0.0198. The molecule has 0 aliphatic heterocycles. The molecule has 324 valence electrons. The number of ether oxygens (including phenoxy) is 2. The smallest absolute Gasteiger partial charge is 0.306 e. The Morgan fingerprint density at radius 1 is 0.564 bits per heavy atom. The first-order valence-electron chi connectivity index (χ1n) is 22.5. The molecule has 0 bridgehead atoms. The molecule has 0 aliphatic rings. The number of allylic oxidation sites excluding steroid dienone is 4. The number of esters is 2. The van der Waals surface area contributed by atoms with Crippen molar-refractivity contribution in [2.75, 3.05) is 47.5 Å². The molecule has 0 aromatic rings. The monoisotopic (exact) mass is 800 g/mol. The summed E-state index contributed by atoms with van der Waals surface area (Å²) in [5.41, 5.74) is 0. The molecule has 0 saturated heterocycles. The van der Waals surface area contributed by atoms with Crippen LogP contribution in [0.4, 0.5) is 0 Å². The molecule has 10 heteroatoms. The van der Waals surface area contributed by atoms with Crippen molar-refractivity contribution in [3.63, 3.8) is 0 Å². The lowest BCUT2D eigenvalue weighted by Crippen LogP contribution is -2.37. The molecule has 0 spiro atoms. The number of rotatable bonds is 41.